The van der Waals surface area contributed by atoms with Crippen LogP contribution in [0.4, 0.5) is 0 Å². The van der Waals surface area contributed by atoms with Crippen LogP contribution in [0.15, 0.2) is 29.3 Å². The number of carboxylic acid groups (broad SMARTS) is 1. The first-order valence-electron chi connectivity index (χ1n) is 11.6. The highest BCUT2D eigenvalue weighted by Gasteiger charge is 2.30. The average Bonchev–Trinajstić information content (AvgIpc) is 2.80. The molecule has 13 nitrogen and oxygen atoms in total. The summed E-state index contributed by atoms with van der Waals surface area (Å²) in [4.78, 5) is 53.6. The van der Waals surface area contributed by atoms with Crippen molar-refractivity contribution in [3.05, 3.63) is 29.8 Å². The summed E-state index contributed by atoms with van der Waals surface area (Å²) in [7, 11) is 0. The van der Waals surface area contributed by atoms with Gasteiger partial charge in [-0.3, -0.25) is 19.4 Å². The Morgan fingerprint density at radius 1 is 0.944 bits per heavy atom. The highest BCUT2D eigenvalue weighted by molar-refractivity contribution is 5.93. The van der Waals surface area contributed by atoms with Gasteiger partial charge in [-0.05, 0) is 42.9 Å². The number of guanidine groups is 1. The zero-order valence-electron chi connectivity index (χ0n) is 20.6. The van der Waals surface area contributed by atoms with Crippen molar-refractivity contribution in [2.45, 2.75) is 57.7 Å². The van der Waals surface area contributed by atoms with Crippen LogP contribution in [0.3, 0.4) is 0 Å². The Kier molecular flexibility index (Phi) is 12.7. The first-order chi connectivity index (χ1) is 16.9. The maximum absolute atomic E-state index is 13.1. The molecule has 3 atom stereocenters. The van der Waals surface area contributed by atoms with E-state index in [2.05, 4.69) is 20.9 Å². The number of nitrogens with zero attached hydrogens (tertiary/aromatic N) is 1. The van der Waals surface area contributed by atoms with Gasteiger partial charge in [-0.2, -0.15) is 0 Å². The number of rotatable bonds is 15. The van der Waals surface area contributed by atoms with E-state index in [1.807, 2.05) is 13.8 Å². The lowest BCUT2D eigenvalue weighted by Gasteiger charge is -2.25. The quantitative estimate of drug-likeness (QED) is 0.0784. The van der Waals surface area contributed by atoms with E-state index in [9.17, 15) is 29.4 Å². The van der Waals surface area contributed by atoms with E-state index >= 15 is 0 Å². The largest absolute Gasteiger partial charge is 0.508 e. The summed E-state index contributed by atoms with van der Waals surface area (Å²) in [6.45, 7) is 3.53. The van der Waals surface area contributed by atoms with Crippen LogP contribution in [0.2, 0.25) is 0 Å². The number of carbonyl (C=O) groups is 4. The van der Waals surface area contributed by atoms with Crippen LogP contribution in [0, 0.1) is 5.92 Å². The predicted molar refractivity (Wildman–Crippen MR) is 134 cm³/mol. The van der Waals surface area contributed by atoms with Gasteiger partial charge in [-0.25, -0.2) is 4.79 Å². The first kappa shape index (κ1) is 30.2. The van der Waals surface area contributed by atoms with Gasteiger partial charge in [0.15, 0.2) is 5.96 Å². The fourth-order valence-corrected chi connectivity index (χ4v) is 3.34. The number of phenolic OH excluding ortho intramolecular Hbond substituents is 1. The standard InChI is InChI=1S/C23H37N7O6/c1-13(2)10-18(22(35)36)30-21(34)17(11-14-5-7-15(31)8-6-14)29-20(33)16(28-19(32)12-24)4-3-9-27-23(25)26/h5-8,13,16-18,31H,3-4,9-12,24H2,1-2H3,(H,28,32)(H,29,33)(H,30,34)(H,35,36)(H4,25,26,27). The molecule has 0 radical (unpaired) electrons. The topological polar surface area (TPSA) is 235 Å². The Morgan fingerprint density at radius 3 is 2.06 bits per heavy atom. The molecule has 0 heterocycles. The van der Waals surface area contributed by atoms with Gasteiger partial charge in [0.05, 0.1) is 6.54 Å². The maximum atomic E-state index is 13.1. The summed E-state index contributed by atoms with van der Waals surface area (Å²) in [6.07, 6.45) is 0.719. The Labute approximate surface area is 209 Å². The lowest BCUT2D eigenvalue weighted by molar-refractivity contribution is -0.142. The minimum Gasteiger partial charge on any atom is -0.508 e. The number of hydrogen-bond donors (Lipinski definition) is 8. The van der Waals surface area contributed by atoms with Crippen molar-refractivity contribution in [1.29, 1.82) is 0 Å². The fourth-order valence-electron chi connectivity index (χ4n) is 3.34. The first-order valence-corrected chi connectivity index (χ1v) is 11.6. The SMILES string of the molecule is CC(C)CC(NC(=O)C(Cc1ccc(O)cc1)NC(=O)C(CCCN=C(N)N)NC(=O)CN)C(=O)O. The Hall–Kier alpha value is -3.87. The molecular formula is C23H37N7O6. The summed E-state index contributed by atoms with van der Waals surface area (Å²) >= 11 is 0. The normalized spacial score (nSPS) is 13.2. The second kappa shape index (κ2) is 15.2. The van der Waals surface area contributed by atoms with Gasteiger partial charge in [0, 0.05) is 13.0 Å². The number of benzene rings is 1. The molecule has 200 valence electrons. The number of aromatic hydroxyl groups is 1. The van der Waals surface area contributed by atoms with E-state index < -0.39 is 41.8 Å². The number of nitrogens with one attached hydrogen (secondary N) is 3. The molecule has 1 rings (SSSR count). The molecule has 1 aromatic rings. The van der Waals surface area contributed by atoms with E-state index in [1.165, 1.54) is 12.1 Å². The summed E-state index contributed by atoms with van der Waals surface area (Å²) in [5.74, 6) is -3.21. The fraction of sp³-hybridized carbons (Fsp3) is 0.522. The van der Waals surface area contributed by atoms with Crippen LogP contribution in [0.25, 0.3) is 0 Å². The number of aliphatic carboxylic acids is 1. The van der Waals surface area contributed by atoms with Gasteiger partial charge in [-0.1, -0.05) is 26.0 Å². The Balaban J connectivity index is 3.11. The molecule has 1 aromatic carbocycles. The van der Waals surface area contributed by atoms with Gasteiger partial charge in [0.1, 0.15) is 23.9 Å². The average molecular weight is 508 g/mol. The van der Waals surface area contributed by atoms with Crippen molar-refractivity contribution in [3.8, 4) is 5.75 Å². The van der Waals surface area contributed by atoms with Crippen LogP contribution in [0.5, 0.6) is 5.75 Å². The monoisotopic (exact) mass is 507 g/mol. The number of phenols is 1. The molecule has 0 saturated heterocycles. The molecular weight excluding hydrogens is 470 g/mol. The zero-order chi connectivity index (χ0) is 27.3. The third-order valence-electron chi connectivity index (χ3n) is 5.11. The summed E-state index contributed by atoms with van der Waals surface area (Å²) in [5, 5.41) is 26.7. The van der Waals surface area contributed by atoms with Crippen LogP contribution in [-0.4, -0.2) is 71.1 Å². The molecule has 0 bridgehead atoms. The number of nitrogens with two attached hydrogens (primary N) is 3. The van der Waals surface area contributed by atoms with Crippen molar-refractivity contribution >= 4 is 29.7 Å². The zero-order valence-corrected chi connectivity index (χ0v) is 20.6. The van der Waals surface area contributed by atoms with Gasteiger partial charge in [-0.15, -0.1) is 0 Å². The van der Waals surface area contributed by atoms with E-state index in [-0.39, 0.29) is 50.0 Å². The smallest absolute Gasteiger partial charge is 0.326 e. The Morgan fingerprint density at radius 2 is 1.53 bits per heavy atom. The maximum Gasteiger partial charge on any atom is 0.326 e. The minimum absolute atomic E-state index is 0.00221. The number of carbonyl (C=O) groups excluding carboxylic acids is 3. The third kappa shape index (κ3) is 11.5. The van der Waals surface area contributed by atoms with Gasteiger partial charge >= 0.3 is 5.97 Å². The van der Waals surface area contributed by atoms with E-state index in [0.717, 1.165) is 0 Å². The van der Waals surface area contributed by atoms with Crippen LogP contribution in [0.1, 0.15) is 38.7 Å². The summed E-state index contributed by atoms with van der Waals surface area (Å²) < 4.78 is 0. The number of hydrogen-bond acceptors (Lipinski definition) is 7. The molecule has 0 aliphatic heterocycles. The van der Waals surface area contributed by atoms with Crippen molar-refractivity contribution in [3.63, 3.8) is 0 Å². The molecule has 11 N–H and O–H groups in total. The molecule has 0 fully saturated rings. The molecule has 0 saturated carbocycles. The lowest BCUT2D eigenvalue weighted by atomic mass is 10.0. The summed E-state index contributed by atoms with van der Waals surface area (Å²) in [5.41, 5.74) is 16.6. The molecule has 0 aliphatic carbocycles. The lowest BCUT2D eigenvalue weighted by Crippen LogP contribution is -2.57. The second-order valence-corrected chi connectivity index (χ2v) is 8.73. The molecule has 0 spiro atoms. The predicted octanol–water partition coefficient (Wildman–Crippen LogP) is -1.47. The second-order valence-electron chi connectivity index (χ2n) is 8.73. The minimum atomic E-state index is -1.19. The number of amides is 3. The third-order valence-corrected chi connectivity index (χ3v) is 5.11. The molecule has 36 heavy (non-hydrogen) atoms. The molecule has 0 aliphatic rings. The van der Waals surface area contributed by atoms with Gasteiger partial charge in [0.25, 0.3) is 0 Å². The van der Waals surface area contributed by atoms with Gasteiger partial charge < -0.3 is 43.4 Å². The number of carboxylic acids is 1. The van der Waals surface area contributed by atoms with E-state index in [0.29, 0.717) is 12.0 Å². The van der Waals surface area contributed by atoms with E-state index in [4.69, 9.17) is 17.2 Å². The molecule has 13 heteroatoms. The molecule has 3 unspecified atom stereocenters. The highest BCUT2D eigenvalue weighted by atomic mass is 16.4. The molecule has 0 aromatic heterocycles. The van der Waals surface area contributed by atoms with Crippen molar-refractivity contribution in [2.24, 2.45) is 28.1 Å². The van der Waals surface area contributed by atoms with Crippen LogP contribution < -0.4 is 33.2 Å². The van der Waals surface area contributed by atoms with Crippen molar-refractivity contribution < 1.29 is 29.4 Å². The molecule has 3 amide bonds. The van der Waals surface area contributed by atoms with Gasteiger partial charge in [0.2, 0.25) is 17.7 Å². The van der Waals surface area contributed by atoms with E-state index in [1.54, 1.807) is 12.1 Å². The van der Waals surface area contributed by atoms with Crippen molar-refractivity contribution in [2.75, 3.05) is 13.1 Å². The number of aliphatic imine (C=N–C) groups is 1. The van der Waals surface area contributed by atoms with Crippen molar-refractivity contribution in [1.82, 2.24) is 16.0 Å². The summed E-state index contributed by atoms with van der Waals surface area (Å²) in [6, 6.07) is 2.67. The Bertz CT molecular complexity index is 916. The van der Waals surface area contributed by atoms with Crippen LogP contribution >= 0.6 is 0 Å². The highest BCUT2D eigenvalue weighted by Crippen LogP contribution is 2.13. The van der Waals surface area contributed by atoms with Crippen LogP contribution in [-0.2, 0) is 25.6 Å².